The van der Waals surface area contributed by atoms with Crippen LogP contribution in [0.1, 0.15) is 42.1 Å². The number of urea groups is 1. The van der Waals surface area contributed by atoms with Gasteiger partial charge in [-0.05, 0) is 60.5 Å². The quantitative estimate of drug-likeness (QED) is 0.0875. The van der Waals surface area contributed by atoms with Crippen LogP contribution >= 0.6 is 0 Å². The van der Waals surface area contributed by atoms with Crippen molar-refractivity contribution in [2.75, 3.05) is 84.3 Å². The second-order valence-corrected chi connectivity index (χ2v) is 10.9. The molecule has 1 atom stereocenters. The number of pyridine rings is 1. The first-order chi connectivity index (χ1) is 22.5. The lowest BCUT2D eigenvalue weighted by Crippen LogP contribution is -2.36. The number of carbonyl (C=O) groups excluding carboxylic acids is 1. The predicted octanol–water partition coefficient (Wildman–Crippen LogP) is 4.20. The maximum atomic E-state index is 15.0. The molecule has 3 heterocycles. The summed E-state index contributed by atoms with van der Waals surface area (Å²) >= 11 is 0. The van der Waals surface area contributed by atoms with Crippen LogP contribution in [0.15, 0.2) is 35.4 Å². The van der Waals surface area contributed by atoms with Crippen molar-refractivity contribution in [3.8, 4) is 5.75 Å². The number of azide groups is 1. The van der Waals surface area contributed by atoms with Gasteiger partial charge in [-0.1, -0.05) is 17.2 Å². The normalized spacial score (nSPS) is 14.8. The summed E-state index contributed by atoms with van der Waals surface area (Å²) in [5, 5.41) is 16.3. The van der Waals surface area contributed by atoms with Crippen molar-refractivity contribution in [1.29, 1.82) is 0 Å². The fraction of sp³-hybridized carbons (Fsp3) is 0.581. The molecule has 1 aromatic carbocycles. The van der Waals surface area contributed by atoms with Crippen LogP contribution in [-0.4, -0.2) is 111 Å². The SMILES string of the molecule is [N-]=[N+]=NCCOCCOCCOCCOc1ccc(C(CC(=O)O)N2CCN(CCCc3ccc4c(n3)NCCC4)C2=O)cc1F. The fourth-order valence-electron chi connectivity index (χ4n) is 5.37. The molecule has 0 bridgehead atoms. The molecule has 1 fully saturated rings. The minimum atomic E-state index is -1.08. The van der Waals surface area contributed by atoms with Crippen LogP contribution < -0.4 is 10.1 Å². The maximum absolute atomic E-state index is 15.0. The Morgan fingerprint density at radius 3 is 2.59 bits per heavy atom. The van der Waals surface area contributed by atoms with Crippen molar-refractivity contribution in [2.45, 2.75) is 38.1 Å². The molecule has 2 amide bonds. The Morgan fingerprint density at radius 2 is 1.85 bits per heavy atom. The van der Waals surface area contributed by atoms with Crippen LogP contribution in [-0.2, 0) is 31.8 Å². The van der Waals surface area contributed by atoms with E-state index in [1.54, 1.807) is 11.0 Å². The zero-order valence-electron chi connectivity index (χ0n) is 25.9. The number of aromatic nitrogens is 1. The highest BCUT2D eigenvalue weighted by Gasteiger charge is 2.35. The van der Waals surface area contributed by atoms with E-state index in [-0.39, 0.29) is 38.0 Å². The van der Waals surface area contributed by atoms with Crippen molar-refractivity contribution in [3.63, 3.8) is 0 Å². The van der Waals surface area contributed by atoms with Gasteiger partial charge in [-0.2, -0.15) is 0 Å². The minimum absolute atomic E-state index is 0.0101. The van der Waals surface area contributed by atoms with Gasteiger partial charge in [0.25, 0.3) is 0 Å². The maximum Gasteiger partial charge on any atom is 0.320 e. The number of carbonyl (C=O) groups is 2. The third-order valence-electron chi connectivity index (χ3n) is 7.65. The number of hydrogen-bond donors (Lipinski definition) is 2. The highest BCUT2D eigenvalue weighted by Crippen LogP contribution is 2.31. The van der Waals surface area contributed by atoms with E-state index >= 15 is 0 Å². The van der Waals surface area contributed by atoms with Gasteiger partial charge in [0.1, 0.15) is 12.4 Å². The molecule has 4 rings (SSSR count). The number of amides is 2. The average Bonchev–Trinajstić information content (AvgIpc) is 3.41. The topological polar surface area (TPSA) is 171 Å². The van der Waals surface area contributed by atoms with Crippen LogP contribution in [0, 0.1) is 5.82 Å². The van der Waals surface area contributed by atoms with E-state index in [1.165, 1.54) is 22.6 Å². The largest absolute Gasteiger partial charge is 0.488 e. The molecule has 14 nitrogen and oxygen atoms in total. The van der Waals surface area contributed by atoms with Gasteiger partial charge in [0, 0.05) is 43.3 Å². The van der Waals surface area contributed by atoms with Gasteiger partial charge >= 0.3 is 12.0 Å². The van der Waals surface area contributed by atoms with Gasteiger partial charge in [0.15, 0.2) is 11.6 Å². The summed E-state index contributed by atoms with van der Waals surface area (Å²) in [6.45, 7) is 4.62. The monoisotopic (exact) mass is 643 g/mol. The molecule has 1 unspecified atom stereocenters. The van der Waals surface area contributed by atoms with Crippen LogP contribution in [0.3, 0.4) is 0 Å². The second kappa shape index (κ2) is 18.7. The molecule has 0 spiro atoms. The number of carboxylic acids is 1. The number of nitrogens with zero attached hydrogens (tertiary/aromatic N) is 6. The third kappa shape index (κ3) is 10.7. The fourth-order valence-corrected chi connectivity index (χ4v) is 5.37. The van der Waals surface area contributed by atoms with Crippen LogP contribution in [0.2, 0.25) is 0 Å². The summed E-state index contributed by atoms with van der Waals surface area (Å²) < 4.78 is 36.5. The Balaban J connectivity index is 1.19. The Labute approximate surface area is 267 Å². The molecule has 2 N–H and O–H groups in total. The van der Waals surface area contributed by atoms with E-state index in [0.29, 0.717) is 58.2 Å². The molecule has 1 saturated heterocycles. The molecule has 0 aliphatic carbocycles. The Morgan fingerprint density at radius 1 is 1.09 bits per heavy atom. The molecule has 0 saturated carbocycles. The summed E-state index contributed by atoms with van der Waals surface area (Å²) in [6, 6.07) is 7.36. The Kier molecular flexibility index (Phi) is 14.1. The first-order valence-electron chi connectivity index (χ1n) is 15.6. The number of anilines is 1. The number of aryl methyl sites for hydroxylation is 2. The number of rotatable bonds is 21. The highest BCUT2D eigenvalue weighted by atomic mass is 19.1. The molecule has 46 heavy (non-hydrogen) atoms. The van der Waals surface area contributed by atoms with Crippen LogP contribution in [0.25, 0.3) is 10.4 Å². The number of nitrogens with one attached hydrogen (secondary N) is 1. The predicted molar refractivity (Wildman–Crippen MR) is 166 cm³/mol. The number of hydrogen-bond acceptors (Lipinski definition) is 9. The van der Waals surface area contributed by atoms with Gasteiger partial charge in [-0.15, -0.1) is 0 Å². The van der Waals surface area contributed by atoms with Gasteiger partial charge < -0.3 is 39.2 Å². The lowest BCUT2D eigenvalue weighted by Gasteiger charge is -2.27. The Bertz CT molecular complexity index is 1340. The van der Waals surface area contributed by atoms with E-state index in [0.717, 1.165) is 43.7 Å². The minimum Gasteiger partial charge on any atom is -0.488 e. The molecular formula is C31H42FN7O7. The standard InChI is InChI=1S/C31H42FN7O7/c32-26-21-24(6-8-28(26)46-20-19-45-18-17-44-16-15-43-14-10-35-37-33)27(22-29(40)41)39-13-12-38(31(39)42)11-2-4-25-7-5-23-3-1-9-34-30(23)36-25/h5-8,21,27H,1-4,9-20,22H2,(H,34,36)(H,40,41). The van der Waals surface area contributed by atoms with Crippen molar-refractivity contribution in [2.24, 2.45) is 5.11 Å². The molecule has 250 valence electrons. The van der Waals surface area contributed by atoms with Gasteiger partial charge in [-0.25, -0.2) is 14.2 Å². The molecule has 2 aromatic rings. The number of halogens is 1. The lowest BCUT2D eigenvalue weighted by molar-refractivity contribution is -0.138. The number of ether oxygens (including phenoxy) is 4. The summed E-state index contributed by atoms with van der Waals surface area (Å²) in [4.78, 5) is 35.6. The first-order valence-corrected chi connectivity index (χ1v) is 15.6. The summed E-state index contributed by atoms with van der Waals surface area (Å²) in [5.41, 5.74) is 10.8. The van der Waals surface area contributed by atoms with E-state index < -0.39 is 17.8 Å². The third-order valence-corrected chi connectivity index (χ3v) is 7.65. The molecule has 2 aliphatic heterocycles. The molecule has 2 aliphatic rings. The van der Waals surface area contributed by atoms with Crippen LogP contribution in [0.4, 0.5) is 15.0 Å². The van der Waals surface area contributed by atoms with Crippen LogP contribution in [0.5, 0.6) is 5.75 Å². The molecule has 1 aromatic heterocycles. The molecular weight excluding hydrogens is 601 g/mol. The lowest BCUT2D eigenvalue weighted by atomic mass is 10.0. The van der Waals surface area contributed by atoms with E-state index in [1.807, 2.05) is 6.07 Å². The summed E-state index contributed by atoms with van der Waals surface area (Å²) in [5.74, 6) is -0.770. The smallest absolute Gasteiger partial charge is 0.320 e. The van der Waals surface area contributed by atoms with Gasteiger partial charge in [0.2, 0.25) is 0 Å². The zero-order valence-corrected chi connectivity index (χ0v) is 25.9. The van der Waals surface area contributed by atoms with Gasteiger partial charge in [-0.3, -0.25) is 4.79 Å². The molecule has 15 heteroatoms. The number of carboxylic acid groups (broad SMARTS) is 1. The average molecular weight is 644 g/mol. The van der Waals surface area contributed by atoms with Crippen molar-refractivity contribution in [1.82, 2.24) is 14.8 Å². The number of fused-ring (bicyclic) bond motifs is 1. The zero-order chi connectivity index (χ0) is 32.6. The van der Waals surface area contributed by atoms with Crippen molar-refractivity contribution in [3.05, 3.63) is 63.4 Å². The Hall–Kier alpha value is -4.17. The summed E-state index contributed by atoms with van der Waals surface area (Å²) in [7, 11) is 0. The van der Waals surface area contributed by atoms with E-state index in [2.05, 4.69) is 21.4 Å². The van der Waals surface area contributed by atoms with Gasteiger partial charge in [0.05, 0.1) is 52.1 Å². The summed E-state index contributed by atoms with van der Waals surface area (Å²) in [6.07, 6.45) is 3.23. The number of aliphatic carboxylic acids is 1. The highest BCUT2D eigenvalue weighted by molar-refractivity contribution is 5.78. The molecule has 0 radical (unpaired) electrons. The van der Waals surface area contributed by atoms with E-state index in [4.69, 9.17) is 29.5 Å². The van der Waals surface area contributed by atoms with Crippen molar-refractivity contribution < 1.29 is 38.0 Å². The van der Waals surface area contributed by atoms with E-state index in [9.17, 15) is 19.1 Å². The number of benzene rings is 1. The second-order valence-electron chi connectivity index (χ2n) is 10.9. The van der Waals surface area contributed by atoms with Crippen molar-refractivity contribution >= 4 is 17.8 Å². The first kappa shape index (κ1) is 34.7.